The Morgan fingerprint density at radius 3 is 2.37 bits per heavy atom. The second kappa shape index (κ2) is 3.93. The Kier molecular flexibility index (Phi) is 2.32. The molecule has 0 atom stereocenters. The maximum Gasteiger partial charge on any atom is 0.147 e. The number of nitrogens with zero attached hydrogens (tertiary/aromatic N) is 3. The van der Waals surface area contributed by atoms with E-state index >= 15 is 0 Å². The minimum Gasteiger partial charge on any atom is -0.363 e. The highest BCUT2D eigenvalue weighted by atomic mass is 15.1. The smallest absolute Gasteiger partial charge is 0.147 e. The molecule has 0 radical (unpaired) electrons. The van der Waals surface area contributed by atoms with Crippen LogP contribution >= 0.6 is 0 Å². The van der Waals surface area contributed by atoms with Crippen LogP contribution in [0.15, 0.2) is 12.5 Å². The summed E-state index contributed by atoms with van der Waals surface area (Å²) in [6.45, 7) is 0. The summed E-state index contributed by atoms with van der Waals surface area (Å²) in [5.74, 6) is 3.42. The average molecular weight is 254 g/mol. The predicted molar refractivity (Wildman–Crippen MR) is 71.3 cm³/mol. The van der Waals surface area contributed by atoms with E-state index in [1.54, 1.807) is 6.20 Å². The highest BCUT2D eigenvalue weighted by Gasteiger charge is 2.51. The minimum atomic E-state index is 0.203. The number of hydrogen-bond acceptors (Lipinski definition) is 4. The first-order valence-electron chi connectivity index (χ1n) is 7.25. The van der Waals surface area contributed by atoms with E-state index in [-0.39, 0.29) is 5.54 Å². The van der Waals surface area contributed by atoms with Gasteiger partial charge in [-0.3, -0.25) is 0 Å². The molecule has 4 fully saturated rings. The maximum absolute atomic E-state index is 9.16. The lowest BCUT2D eigenvalue weighted by atomic mass is 9.53. The number of rotatable bonds is 2. The van der Waals surface area contributed by atoms with Crippen molar-refractivity contribution in [2.45, 2.75) is 44.1 Å². The van der Waals surface area contributed by atoms with Gasteiger partial charge in [-0.1, -0.05) is 0 Å². The zero-order chi connectivity index (χ0) is 12.9. The van der Waals surface area contributed by atoms with Crippen LogP contribution in [0.2, 0.25) is 0 Å². The highest BCUT2D eigenvalue weighted by molar-refractivity contribution is 5.52. The molecule has 4 nitrogen and oxygen atoms in total. The topological polar surface area (TPSA) is 61.6 Å². The van der Waals surface area contributed by atoms with Crippen molar-refractivity contribution < 1.29 is 0 Å². The van der Waals surface area contributed by atoms with E-state index in [0.29, 0.717) is 5.56 Å². The third kappa shape index (κ3) is 1.80. The summed E-state index contributed by atoms with van der Waals surface area (Å²) < 4.78 is 0. The van der Waals surface area contributed by atoms with Crippen LogP contribution in [0.25, 0.3) is 0 Å². The molecule has 1 N–H and O–H groups in total. The average Bonchev–Trinajstić information content (AvgIpc) is 2.37. The number of nitriles is 1. The molecule has 1 aromatic rings. The molecular formula is C15H18N4. The molecular weight excluding hydrogens is 236 g/mol. The third-order valence-corrected chi connectivity index (χ3v) is 5.25. The van der Waals surface area contributed by atoms with E-state index in [1.165, 1.54) is 44.9 Å². The van der Waals surface area contributed by atoms with Crippen LogP contribution in [0.1, 0.15) is 44.1 Å². The van der Waals surface area contributed by atoms with Gasteiger partial charge < -0.3 is 5.32 Å². The van der Waals surface area contributed by atoms with Gasteiger partial charge in [0, 0.05) is 5.54 Å². The van der Waals surface area contributed by atoms with Crippen molar-refractivity contribution in [2.75, 3.05) is 5.32 Å². The third-order valence-electron chi connectivity index (χ3n) is 5.25. The first-order chi connectivity index (χ1) is 9.26. The second-order valence-electron chi connectivity index (χ2n) is 6.72. The Morgan fingerprint density at radius 1 is 1.16 bits per heavy atom. The van der Waals surface area contributed by atoms with Crippen molar-refractivity contribution in [1.29, 1.82) is 5.26 Å². The van der Waals surface area contributed by atoms with Crippen LogP contribution in [0, 0.1) is 29.1 Å². The van der Waals surface area contributed by atoms with Gasteiger partial charge in [-0.25, -0.2) is 9.97 Å². The summed E-state index contributed by atoms with van der Waals surface area (Å²) in [5, 5.41) is 12.8. The molecule has 0 aliphatic heterocycles. The van der Waals surface area contributed by atoms with E-state index in [0.717, 1.165) is 23.6 Å². The van der Waals surface area contributed by atoms with Gasteiger partial charge in [-0.15, -0.1) is 0 Å². The van der Waals surface area contributed by atoms with Crippen LogP contribution < -0.4 is 5.32 Å². The van der Waals surface area contributed by atoms with Gasteiger partial charge in [0.05, 0.1) is 6.20 Å². The standard InChI is InChI=1S/C15H18N4/c16-7-13-8-17-9-18-14(13)19-15-4-10-1-11(5-15)3-12(2-10)6-15/h8-12H,1-6H2,(H,17,18,19). The summed E-state index contributed by atoms with van der Waals surface area (Å²) in [6, 6.07) is 2.19. The van der Waals surface area contributed by atoms with Gasteiger partial charge >= 0.3 is 0 Å². The number of aromatic nitrogens is 2. The van der Waals surface area contributed by atoms with Crippen LogP contribution in [0.3, 0.4) is 0 Å². The molecule has 0 unspecified atom stereocenters. The molecule has 4 bridgehead atoms. The summed E-state index contributed by atoms with van der Waals surface area (Å²) in [5.41, 5.74) is 0.771. The Labute approximate surface area is 113 Å². The zero-order valence-corrected chi connectivity index (χ0v) is 11.0. The monoisotopic (exact) mass is 254 g/mol. The number of hydrogen-bond donors (Lipinski definition) is 1. The van der Waals surface area contributed by atoms with Gasteiger partial charge in [-0.05, 0) is 56.3 Å². The van der Waals surface area contributed by atoms with Crippen LogP contribution in [0.4, 0.5) is 5.82 Å². The van der Waals surface area contributed by atoms with Crippen LogP contribution in [-0.2, 0) is 0 Å². The molecule has 19 heavy (non-hydrogen) atoms. The SMILES string of the molecule is N#Cc1cncnc1NC12CC3CC(CC(C3)C1)C2. The Hall–Kier alpha value is -1.63. The summed E-state index contributed by atoms with van der Waals surface area (Å²) in [6.07, 6.45) is 11.2. The Bertz CT molecular complexity index is 510. The van der Waals surface area contributed by atoms with Crippen molar-refractivity contribution in [3.63, 3.8) is 0 Å². The quantitative estimate of drug-likeness (QED) is 0.881. The van der Waals surface area contributed by atoms with Crippen molar-refractivity contribution in [3.8, 4) is 6.07 Å². The second-order valence-corrected chi connectivity index (χ2v) is 6.72. The summed E-state index contributed by atoms with van der Waals surface area (Å²) in [4.78, 5) is 8.22. The van der Waals surface area contributed by atoms with Gasteiger partial charge in [-0.2, -0.15) is 5.26 Å². The predicted octanol–water partition coefficient (Wildman–Crippen LogP) is 2.73. The van der Waals surface area contributed by atoms with Crippen LogP contribution in [0.5, 0.6) is 0 Å². The molecule has 4 saturated carbocycles. The van der Waals surface area contributed by atoms with Gasteiger partial charge in [0.1, 0.15) is 23.8 Å². The fourth-order valence-electron chi connectivity index (χ4n) is 5.03. The normalized spacial score (nSPS) is 39.0. The molecule has 4 aliphatic carbocycles. The van der Waals surface area contributed by atoms with E-state index < -0.39 is 0 Å². The first kappa shape index (κ1) is 11.2. The lowest BCUT2D eigenvalue weighted by Gasteiger charge is -2.57. The zero-order valence-electron chi connectivity index (χ0n) is 11.0. The van der Waals surface area contributed by atoms with Crippen molar-refractivity contribution in [2.24, 2.45) is 17.8 Å². The molecule has 0 amide bonds. The van der Waals surface area contributed by atoms with E-state index in [2.05, 4.69) is 21.4 Å². The van der Waals surface area contributed by atoms with Crippen molar-refractivity contribution in [1.82, 2.24) is 9.97 Å². The lowest BCUT2D eigenvalue weighted by Crippen LogP contribution is -2.55. The molecule has 4 heteroatoms. The summed E-state index contributed by atoms with van der Waals surface area (Å²) in [7, 11) is 0. The molecule has 4 aliphatic rings. The molecule has 98 valence electrons. The molecule has 1 aromatic heterocycles. The van der Waals surface area contributed by atoms with Gasteiger partial charge in [0.25, 0.3) is 0 Å². The lowest BCUT2D eigenvalue weighted by molar-refractivity contribution is 0.0105. The van der Waals surface area contributed by atoms with Crippen molar-refractivity contribution in [3.05, 3.63) is 18.1 Å². The molecule has 0 saturated heterocycles. The van der Waals surface area contributed by atoms with E-state index in [1.807, 2.05) is 0 Å². The van der Waals surface area contributed by atoms with Crippen molar-refractivity contribution >= 4 is 5.82 Å². The number of anilines is 1. The van der Waals surface area contributed by atoms with Crippen LogP contribution in [-0.4, -0.2) is 15.5 Å². The Morgan fingerprint density at radius 2 is 1.79 bits per heavy atom. The maximum atomic E-state index is 9.16. The Balaban J connectivity index is 1.64. The summed E-state index contributed by atoms with van der Waals surface area (Å²) >= 11 is 0. The first-order valence-corrected chi connectivity index (χ1v) is 7.25. The number of nitrogens with one attached hydrogen (secondary N) is 1. The fourth-order valence-corrected chi connectivity index (χ4v) is 5.03. The molecule has 5 rings (SSSR count). The fraction of sp³-hybridized carbons (Fsp3) is 0.667. The van der Waals surface area contributed by atoms with E-state index in [4.69, 9.17) is 5.26 Å². The molecule has 1 heterocycles. The largest absolute Gasteiger partial charge is 0.363 e. The molecule has 0 spiro atoms. The molecule has 0 aromatic carbocycles. The van der Waals surface area contributed by atoms with E-state index in [9.17, 15) is 0 Å². The highest BCUT2D eigenvalue weighted by Crippen LogP contribution is 2.56. The minimum absolute atomic E-state index is 0.203. The van der Waals surface area contributed by atoms with Gasteiger partial charge in [0.2, 0.25) is 0 Å². The van der Waals surface area contributed by atoms with Gasteiger partial charge in [0.15, 0.2) is 0 Å².